The first-order valence-electron chi connectivity index (χ1n) is 9.18. The van der Waals surface area contributed by atoms with Gasteiger partial charge in [-0.05, 0) is 23.3 Å². The number of aromatic nitrogens is 1. The molecule has 0 bridgehead atoms. The van der Waals surface area contributed by atoms with Crippen molar-refractivity contribution in [2.24, 2.45) is 7.05 Å². The molecule has 0 saturated heterocycles. The number of fused-ring (bicyclic) bond motifs is 4. The number of pyridine rings is 1. The Hall–Kier alpha value is -3.74. The number of aromatic hydroxyl groups is 2. The predicted molar refractivity (Wildman–Crippen MR) is 105 cm³/mol. The first kappa shape index (κ1) is 17.4. The van der Waals surface area contributed by atoms with Gasteiger partial charge in [0.15, 0.2) is 11.5 Å². The topological polar surface area (TPSA) is 92.0 Å². The summed E-state index contributed by atoms with van der Waals surface area (Å²) in [7, 11) is 1.67. The number of hydrogen-bond donors (Lipinski definition) is 2. The van der Waals surface area contributed by atoms with Gasteiger partial charge < -0.3 is 24.4 Å². The predicted octanol–water partition coefficient (Wildman–Crippen LogP) is 2.02. The van der Waals surface area contributed by atoms with Crippen molar-refractivity contribution in [3.63, 3.8) is 0 Å². The first-order valence-corrected chi connectivity index (χ1v) is 9.18. The van der Waals surface area contributed by atoms with Crippen LogP contribution in [0, 0.1) is 0 Å². The van der Waals surface area contributed by atoms with E-state index in [1.54, 1.807) is 24.2 Å². The van der Waals surface area contributed by atoms with Crippen LogP contribution in [-0.4, -0.2) is 27.3 Å². The van der Waals surface area contributed by atoms with E-state index in [1.807, 2.05) is 24.3 Å². The van der Waals surface area contributed by atoms with E-state index in [1.165, 1.54) is 22.8 Å². The van der Waals surface area contributed by atoms with E-state index in [9.17, 15) is 19.8 Å². The number of benzene rings is 2. The number of nitrogens with zero attached hydrogens (tertiary/aromatic N) is 2. The number of carbonyl (C=O) groups is 1. The largest absolute Gasteiger partial charge is 0.504 e. The molecule has 29 heavy (non-hydrogen) atoms. The average Bonchev–Trinajstić information content (AvgIpc) is 3.18. The van der Waals surface area contributed by atoms with Crippen molar-refractivity contribution >= 4 is 11.6 Å². The number of carbonyl (C=O) groups excluding carboxylic acids is 1. The molecule has 7 heteroatoms. The van der Waals surface area contributed by atoms with Gasteiger partial charge in [0.25, 0.3) is 0 Å². The van der Waals surface area contributed by atoms with Crippen LogP contribution in [0.4, 0.5) is 5.69 Å². The van der Waals surface area contributed by atoms with E-state index in [4.69, 9.17) is 4.74 Å². The Balaban J connectivity index is 1.66. The second-order valence-electron chi connectivity index (χ2n) is 7.43. The van der Waals surface area contributed by atoms with E-state index in [-0.39, 0.29) is 29.6 Å². The third kappa shape index (κ3) is 2.30. The zero-order chi connectivity index (χ0) is 20.3. The van der Waals surface area contributed by atoms with Crippen LogP contribution in [0.25, 0.3) is 0 Å². The standard InChI is InChI=1S/C22H18N2O5/c1-23-10-13(6-7-20(23)27)11-24-16-5-3-2-4-14(16)22(21(24)28)12-29-19-9-18(26)17(25)8-15(19)22/h2-10,25-26H,11-12H2,1H3. The second-order valence-corrected chi connectivity index (χ2v) is 7.43. The molecule has 7 nitrogen and oxygen atoms in total. The highest BCUT2D eigenvalue weighted by molar-refractivity contribution is 6.11. The number of para-hydroxylation sites is 1. The second kappa shape index (κ2) is 5.88. The summed E-state index contributed by atoms with van der Waals surface area (Å²) in [5.74, 6) is -0.374. The number of phenolic OH excluding ortho intramolecular Hbond substituents is 2. The molecule has 0 saturated carbocycles. The fourth-order valence-corrected chi connectivity index (χ4v) is 4.28. The van der Waals surface area contributed by atoms with Gasteiger partial charge in [-0.25, -0.2) is 0 Å². The third-order valence-corrected chi connectivity index (χ3v) is 5.73. The normalized spacial score (nSPS) is 19.3. The Labute approximate surface area is 166 Å². The highest BCUT2D eigenvalue weighted by Gasteiger charge is 2.57. The average molecular weight is 390 g/mol. The number of anilines is 1. The number of amides is 1. The lowest BCUT2D eigenvalue weighted by Gasteiger charge is -2.23. The summed E-state index contributed by atoms with van der Waals surface area (Å²) in [6.45, 7) is 0.385. The minimum absolute atomic E-state index is 0.0881. The number of hydrogen-bond acceptors (Lipinski definition) is 5. The number of aryl methyl sites for hydroxylation is 1. The van der Waals surface area contributed by atoms with Gasteiger partial charge in [0, 0.05) is 36.6 Å². The molecule has 1 atom stereocenters. The fraction of sp³-hybridized carbons (Fsp3) is 0.182. The molecule has 2 aliphatic heterocycles. The van der Waals surface area contributed by atoms with Crippen molar-refractivity contribution in [2.45, 2.75) is 12.0 Å². The van der Waals surface area contributed by atoms with Gasteiger partial charge in [0.1, 0.15) is 17.8 Å². The quantitative estimate of drug-likeness (QED) is 0.653. The summed E-state index contributed by atoms with van der Waals surface area (Å²) in [5.41, 5.74) is 1.70. The molecule has 2 aliphatic rings. The number of rotatable bonds is 2. The van der Waals surface area contributed by atoms with Crippen LogP contribution in [0.1, 0.15) is 16.7 Å². The molecule has 146 valence electrons. The summed E-state index contributed by atoms with van der Waals surface area (Å²) in [4.78, 5) is 27.1. The van der Waals surface area contributed by atoms with E-state index >= 15 is 0 Å². The smallest absolute Gasteiger partial charge is 0.250 e. The van der Waals surface area contributed by atoms with Crippen molar-refractivity contribution in [1.82, 2.24) is 4.57 Å². The zero-order valence-corrected chi connectivity index (χ0v) is 15.6. The van der Waals surface area contributed by atoms with Crippen LogP contribution in [0.5, 0.6) is 17.2 Å². The summed E-state index contributed by atoms with van der Waals surface area (Å²) in [6.07, 6.45) is 1.71. The van der Waals surface area contributed by atoms with Crippen LogP contribution >= 0.6 is 0 Å². The van der Waals surface area contributed by atoms with Crippen molar-refractivity contribution < 1.29 is 19.7 Å². The Morgan fingerprint density at radius 3 is 2.59 bits per heavy atom. The lowest BCUT2D eigenvalue weighted by Crippen LogP contribution is -2.42. The molecule has 1 amide bonds. The number of ether oxygens (including phenoxy) is 1. The van der Waals surface area contributed by atoms with Gasteiger partial charge in [-0.15, -0.1) is 0 Å². The van der Waals surface area contributed by atoms with Gasteiger partial charge in [-0.1, -0.05) is 24.3 Å². The molecule has 2 aromatic carbocycles. The summed E-state index contributed by atoms with van der Waals surface area (Å²) < 4.78 is 7.25. The van der Waals surface area contributed by atoms with Crippen molar-refractivity contribution in [1.29, 1.82) is 0 Å². The summed E-state index contributed by atoms with van der Waals surface area (Å²) >= 11 is 0. The van der Waals surface area contributed by atoms with E-state index < -0.39 is 5.41 Å². The van der Waals surface area contributed by atoms with Crippen molar-refractivity contribution in [3.05, 3.63) is 81.8 Å². The minimum atomic E-state index is -1.09. The molecule has 5 rings (SSSR count). The Morgan fingerprint density at radius 1 is 1.03 bits per heavy atom. The van der Waals surface area contributed by atoms with Crippen LogP contribution in [0.2, 0.25) is 0 Å². The molecule has 2 N–H and O–H groups in total. The monoisotopic (exact) mass is 390 g/mol. The molecule has 0 aliphatic carbocycles. The van der Waals surface area contributed by atoms with Gasteiger partial charge in [-0.2, -0.15) is 0 Å². The van der Waals surface area contributed by atoms with Crippen LogP contribution < -0.4 is 15.2 Å². The van der Waals surface area contributed by atoms with Crippen molar-refractivity contribution in [3.8, 4) is 17.2 Å². The fourth-order valence-electron chi connectivity index (χ4n) is 4.28. The number of phenols is 2. The Bertz CT molecular complexity index is 1230. The molecular formula is C22H18N2O5. The molecule has 0 fully saturated rings. The molecule has 3 aromatic rings. The van der Waals surface area contributed by atoms with E-state index in [0.717, 1.165) is 16.8 Å². The van der Waals surface area contributed by atoms with E-state index in [0.29, 0.717) is 17.9 Å². The lowest BCUT2D eigenvalue weighted by atomic mass is 9.77. The minimum Gasteiger partial charge on any atom is -0.504 e. The Morgan fingerprint density at radius 2 is 1.79 bits per heavy atom. The molecular weight excluding hydrogens is 372 g/mol. The van der Waals surface area contributed by atoms with Crippen molar-refractivity contribution in [2.75, 3.05) is 11.5 Å². The highest BCUT2D eigenvalue weighted by Crippen LogP contribution is 2.54. The van der Waals surface area contributed by atoms with E-state index in [2.05, 4.69) is 0 Å². The third-order valence-electron chi connectivity index (χ3n) is 5.73. The van der Waals surface area contributed by atoms with Crippen LogP contribution in [-0.2, 0) is 23.8 Å². The highest BCUT2D eigenvalue weighted by atomic mass is 16.5. The molecule has 3 heterocycles. The van der Waals surface area contributed by atoms with Crippen LogP contribution in [0.3, 0.4) is 0 Å². The van der Waals surface area contributed by atoms with Crippen LogP contribution in [0.15, 0.2) is 59.5 Å². The van der Waals surface area contributed by atoms with Gasteiger partial charge in [0.05, 0.1) is 6.54 Å². The maximum atomic E-state index is 13.7. The first-order chi connectivity index (χ1) is 13.9. The summed E-state index contributed by atoms with van der Waals surface area (Å²) in [6, 6.07) is 13.4. The lowest BCUT2D eigenvalue weighted by molar-refractivity contribution is -0.122. The molecule has 1 aromatic heterocycles. The maximum Gasteiger partial charge on any atom is 0.250 e. The molecule has 1 spiro atoms. The summed E-state index contributed by atoms with van der Waals surface area (Å²) in [5, 5.41) is 19.9. The zero-order valence-electron chi connectivity index (χ0n) is 15.6. The molecule has 0 radical (unpaired) electrons. The van der Waals surface area contributed by atoms with Gasteiger partial charge in [0.2, 0.25) is 11.5 Å². The SMILES string of the molecule is Cn1cc(CN2C(=O)C3(COc4cc(O)c(O)cc43)c3ccccc32)ccc1=O. The maximum absolute atomic E-state index is 13.7. The molecule has 1 unspecified atom stereocenters. The van der Waals surface area contributed by atoms with Gasteiger partial charge >= 0.3 is 0 Å². The van der Waals surface area contributed by atoms with Gasteiger partial charge in [-0.3, -0.25) is 9.59 Å². The Kier molecular flexibility index (Phi) is 3.52.